The van der Waals surface area contributed by atoms with Crippen LogP contribution < -0.4 is 4.90 Å². The van der Waals surface area contributed by atoms with Crippen molar-refractivity contribution in [3.63, 3.8) is 0 Å². The molecular weight excluding hydrogens is 901 g/mol. The topological polar surface area (TPSA) is 55.1 Å². The molecule has 0 amide bonds. The van der Waals surface area contributed by atoms with Crippen LogP contribution in [0.25, 0.3) is 101 Å². The molecule has 0 fully saturated rings. The maximum Gasteiger partial charge on any atom is 0.227 e. The molecule has 12 aromatic rings. The fourth-order valence-corrected chi connectivity index (χ4v) is 11.9. The molecule has 10 aromatic carbocycles. The Morgan fingerprint density at radius 1 is 0.311 bits per heavy atom. The van der Waals surface area contributed by atoms with Crippen molar-refractivity contribution >= 4 is 39.2 Å². The first-order valence-electron chi connectivity index (χ1n) is 25.5. The lowest BCUT2D eigenvalue weighted by Crippen LogP contribution is -2.15. The van der Waals surface area contributed by atoms with Gasteiger partial charge in [0.2, 0.25) is 5.89 Å². The number of fused-ring (bicyclic) bond motifs is 8. The lowest BCUT2D eigenvalue weighted by molar-refractivity contribution is 0.620. The number of para-hydroxylation sites is 3. The van der Waals surface area contributed by atoms with E-state index in [4.69, 9.17) is 19.4 Å². The molecule has 74 heavy (non-hydrogen) atoms. The summed E-state index contributed by atoms with van der Waals surface area (Å²) in [5.41, 5.74) is 25.8. The largest absolute Gasteiger partial charge is 0.436 e. The van der Waals surface area contributed by atoms with Gasteiger partial charge in [0.05, 0.1) is 22.4 Å². The van der Waals surface area contributed by atoms with Gasteiger partial charge in [0.1, 0.15) is 5.52 Å². The Kier molecular flexibility index (Phi) is 9.83. The number of oxazole rings is 1. The highest BCUT2D eigenvalue weighted by Crippen LogP contribution is 2.53. The van der Waals surface area contributed by atoms with Crippen LogP contribution in [0, 0.1) is 0 Å². The summed E-state index contributed by atoms with van der Waals surface area (Å²) in [5, 5.41) is 0. The highest BCUT2D eigenvalue weighted by molar-refractivity contribution is 5.98. The van der Waals surface area contributed by atoms with E-state index in [1.165, 1.54) is 44.5 Å². The van der Waals surface area contributed by atoms with Crippen LogP contribution in [0.4, 0.5) is 17.1 Å². The third kappa shape index (κ3) is 6.95. The predicted octanol–water partition coefficient (Wildman–Crippen LogP) is 18.2. The maximum absolute atomic E-state index is 6.13. The smallest absolute Gasteiger partial charge is 0.227 e. The summed E-state index contributed by atoms with van der Waals surface area (Å²) >= 11 is 0. The van der Waals surface area contributed by atoms with E-state index in [-0.39, 0.29) is 10.8 Å². The fraction of sp³-hybridized carbons (Fsp3) is 0.0870. The zero-order valence-electron chi connectivity index (χ0n) is 41.6. The van der Waals surface area contributed by atoms with Crippen molar-refractivity contribution in [2.24, 2.45) is 0 Å². The Bertz CT molecular complexity index is 4140. The first-order chi connectivity index (χ1) is 36.2. The fourth-order valence-electron chi connectivity index (χ4n) is 11.9. The third-order valence-electron chi connectivity index (χ3n) is 15.7. The Hall–Kier alpha value is -9.19. The van der Waals surface area contributed by atoms with Crippen molar-refractivity contribution in [1.29, 1.82) is 0 Å². The van der Waals surface area contributed by atoms with Crippen LogP contribution in [0.5, 0.6) is 0 Å². The summed E-state index contributed by atoms with van der Waals surface area (Å²) < 4.78 is 6.13. The summed E-state index contributed by atoms with van der Waals surface area (Å²) in [6.07, 6.45) is 0. The van der Waals surface area contributed by atoms with Crippen molar-refractivity contribution in [3.8, 4) is 78.5 Å². The number of benzene rings is 10. The molecule has 5 nitrogen and oxygen atoms in total. The van der Waals surface area contributed by atoms with Gasteiger partial charge in [-0.3, -0.25) is 0 Å². The summed E-state index contributed by atoms with van der Waals surface area (Å²) in [6, 6.07) is 82.4. The van der Waals surface area contributed by atoms with Crippen LogP contribution in [0.3, 0.4) is 0 Å². The van der Waals surface area contributed by atoms with Crippen LogP contribution in [-0.2, 0) is 10.8 Å². The molecule has 2 aliphatic rings. The SMILES string of the molecule is CC1(C)c2ccccc2-c2ccc(-c3cc4nc(-c5ccccc5)c(-c5ccc(N(c6ccccc6)c6ccc(-c7nc8ccccc8o7)cc6)cc5)nc4cc3-c3ccc4c(c3)C(C)(C)c3ccccc3-4)cc21. The number of nitrogens with zero attached hydrogens (tertiary/aromatic N) is 4. The van der Waals surface area contributed by atoms with Crippen molar-refractivity contribution < 1.29 is 4.42 Å². The molecule has 0 saturated carbocycles. The van der Waals surface area contributed by atoms with E-state index in [1.54, 1.807) is 0 Å². The quantitative estimate of drug-likeness (QED) is 0.152. The molecule has 0 atom stereocenters. The average molecular weight is 951 g/mol. The number of hydrogen-bond donors (Lipinski definition) is 0. The summed E-state index contributed by atoms with van der Waals surface area (Å²) in [4.78, 5) is 18.3. The van der Waals surface area contributed by atoms with Gasteiger partial charge in [-0.25, -0.2) is 15.0 Å². The molecule has 0 spiro atoms. The van der Waals surface area contributed by atoms with E-state index in [2.05, 4.69) is 239 Å². The zero-order chi connectivity index (χ0) is 49.7. The van der Waals surface area contributed by atoms with E-state index in [1.807, 2.05) is 24.3 Å². The monoisotopic (exact) mass is 950 g/mol. The van der Waals surface area contributed by atoms with Gasteiger partial charge in [0.15, 0.2) is 5.58 Å². The molecule has 0 bridgehead atoms. The van der Waals surface area contributed by atoms with Gasteiger partial charge in [-0.15, -0.1) is 0 Å². The highest BCUT2D eigenvalue weighted by Gasteiger charge is 2.37. The molecule has 0 radical (unpaired) electrons. The van der Waals surface area contributed by atoms with E-state index < -0.39 is 0 Å². The molecule has 0 unspecified atom stereocenters. The second-order valence-electron chi connectivity index (χ2n) is 20.8. The van der Waals surface area contributed by atoms with Crippen LogP contribution in [0.15, 0.2) is 235 Å². The minimum absolute atomic E-state index is 0.149. The normalized spacial score (nSPS) is 13.6. The second-order valence-corrected chi connectivity index (χ2v) is 20.8. The minimum Gasteiger partial charge on any atom is -0.436 e. The summed E-state index contributed by atoms with van der Waals surface area (Å²) in [6.45, 7) is 9.42. The molecule has 0 aliphatic heterocycles. The number of aromatic nitrogens is 3. The first-order valence-corrected chi connectivity index (χ1v) is 25.5. The van der Waals surface area contributed by atoms with E-state index in [9.17, 15) is 0 Å². The maximum atomic E-state index is 6.13. The van der Waals surface area contributed by atoms with Gasteiger partial charge in [-0.05, 0) is 152 Å². The molecule has 2 heterocycles. The molecule has 0 N–H and O–H groups in total. The standard InChI is InChI=1S/C69H50N4O/c1-68(2)57-23-13-11-21-51(57)53-37-31-46(39-59(53)68)55-41-62-63(42-56(55)47-32-38-54-52-22-12-14-24-58(52)69(3,4)60(54)40-47)71-66(65(70-62)43-17-7-5-8-18-43)44-27-33-49(34-28-44)73(48-19-9-6-10-20-48)50-35-29-45(30-36-50)67-72-61-25-15-16-26-64(61)74-67/h5-42H,1-4H3. The van der Waals surface area contributed by atoms with Gasteiger partial charge in [-0.1, -0.05) is 173 Å². The van der Waals surface area contributed by atoms with Crippen LogP contribution >= 0.6 is 0 Å². The highest BCUT2D eigenvalue weighted by atomic mass is 16.3. The summed E-state index contributed by atoms with van der Waals surface area (Å²) in [5.74, 6) is 0.600. The lowest BCUT2D eigenvalue weighted by atomic mass is 9.80. The zero-order valence-corrected chi connectivity index (χ0v) is 41.6. The Morgan fingerprint density at radius 2 is 0.730 bits per heavy atom. The van der Waals surface area contributed by atoms with Gasteiger partial charge in [0.25, 0.3) is 0 Å². The second kappa shape index (κ2) is 16.7. The molecule has 2 aromatic heterocycles. The number of rotatable bonds is 8. The van der Waals surface area contributed by atoms with Crippen molar-refractivity contribution in [3.05, 3.63) is 253 Å². The Labute approximate surface area is 431 Å². The predicted molar refractivity (Wildman–Crippen MR) is 304 cm³/mol. The molecule has 0 saturated heterocycles. The Balaban J connectivity index is 0.915. The number of anilines is 3. The number of hydrogen-bond acceptors (Lipinski definition) is 5. The van der Waals surface area contributed by atoms with Gasteiger partial charge in [0, 0.05) is 44.6 Å². The molecule has 5 heteroatoms. The van der Waals surface area contributed by atoms with Crippen molar-refractivity contribution in [2.75, 3.05) is 4.90 Å². The molecule has 14 rings (SSSR count). The minimum atomic E-state index is -0.154. The van der Waals surface area contributed by atoms with Crippen LogP contribution in [0.2, 0.25) is 0 Å². The molecule has 2 aliphatic carbocycles. The lowest BCUT2D eigenvalue weighted by Gasteiger charge is -2.26. The summed E-state index contributed by atoms with van der Waals surface area (Å²) in [7, 11) is 0. The van der Waals surface area contributed by atoms with Crippen molar-refractivity contribution in [2.45, 2.75) is 38.5 Å². The van der Waals surface area contributed by atoms with Crippen LogP contribution in [0.1, 0.15) is 49.9 Å². The van der Waals surface area contributed by atoms with E-state index in [0.29, 0.717) is 5.89 Å². The first kappa shape index (κ1) is 43.6. The molecule has 352 valence electrons. The van der Waals surface area contributed by atoms with Crippen LogP contribution in [-0.4, -0.2) is 15.0 Å². The van der Waals surface area contributed by atoms with E-state index >= 15 is 0 Å². The average Bonchev–Trinajstić information content (AvgIpc) is 4.11. The van der Waals surface area contributed by atoms with Gasteiger partial charge >= 0.3 is 0 Å². The van der Waals surface area contributed by atoms with Gasteiger partial charge < -0.3 is 9.32 Å². The molecular formula is C69H50N4O. The van der Waals surface area contributed by atoms with Crippen molar-refractivity contribution in [1.82, 2.24) is 15.0 Å². The van der Waals surface area contributed by atoms with Gasteiger partial charge in [-0.2, -0.15) is 0 Å². The van der Waals surface area contributed by atoms with E-state index in [0.717, 1.165) is 89.5 Å². The Morgan fingerprint density at radius 3 is 1.27 bits per heavy atom. The third-order valence-corrected chi connectivity index (χ3v) is 15.7.